The predicted molar refractivity (Wildman–Crippen MR) is 80.3 cm³/mol. The second-order valence-electron chi connectivity index (χ2n) is 4.97. The standard InChI is InChI=1S/C15H24FN3O/c1-4-12(2)19(3)9-8-17-11-15(20)18-14-7-5-6-13(16)10-14/h5-7,10,12,17H,4,8-9,11H2,1-3H3,(H,18,20). The molecule has 0 fully saturated rings. The Bertz CT molecular complexity index is 425. The minimum atomic E-state index is -0.356. The average molecular weight is 281 g/mol. The molecule has 0 saturated heterocycles. The summed E-state index contributed by atoms with van der Waals surface area (Å²) in [6.07, 6.45) is 1.11. The van der Waals surface area contributed by atoms with Crippen molar-refractivity contribution < 1.29 is 9.18 Å². The van der Waals surface area contributed by atoms with Gasteiger partial charge in [-0.05, 0) is 38.6 Å². The molecule has 0 saturated carbocycles. The molecule has 1 rings (SSSR count). The molecule has 4 nitrogen and oxygen atoms in total. The van der Waals surface area contributed by atoms with E-state index in [9.17, 15) is 9.18 Å². The Morgan fingerprint density at radius 3 is 2.85 bits per heavy atom. The van der Waals surface area contributed by atoms with E-state index in [2.05, 4.69) is 36.4 Å². The molecular weight excluding hydrogens is 257 g/mol. The molecule has 112 valence electrons. The monoisotopic (exact) mass is 281 g/mol. The molecule has 20 heavy (non-hydrogen) atoms. The molecule has 0 radical (unpaired) electrons. The van der Waals surface area contributed by atoms with E-state index < -0.39 is 0 Å². The van der Waals surface area contributed by atoms with Crippen LogP contribution in [0.2, 0.25) is 0 Å². The second kappa shape index (κ2) is 8.66. The largest absolute Gasteiger partial charge is 0.325 e. The summed E-state index contributed by atoms with van der Waals surface area (Å²) >= 11 is 0. The lowest BCUT2D eigenvalue weighted by atomic mass is 10.2. The fraction of sp³-hybridized carbons (Fsp3) is 0.533. The van der Waals surface area contributed by atoms with Gasteiger partial charge in [-0.2, -0.15) is 0 Å². The number of anilines is 1. The van der Waals surface area contributed by atoms with Gasteiger partial charge < -0.3 is 15.5 Å². The van der Waals surface area contributed by atoms with Crippen molar-refractivity contribution in [1.29, 1.82) is 0 Å². The van der Waals surface area contributed by atoms with Gasteiger partial charge in [0.25, 0.3) is 0 Å². The highest BCUT2D eigenvalue weighted by atomic mass is 19.1. The van der Waals surface area contributed by atoms with Gasteiger partial charge in [0.1, 0.15) is 5.82 Å². The molecule has 0 heterocycles. The third-order valence-electron chi connectivity index (χ3n) is 3.38. The van der Waals surface area contributed by atoms with Crippen LogP contribution in [0.4, 0.5) is 10.1 Å². The minimum absolute atomic E-state index is 0.165. The molecule has 1 atom stereocenters. The molecule has 1 unspecified atom stereocenters. The fourth-order valence-electron chi connectivity index (χ4n) is 1.76. The van der Waals surface area contributed by atoms with Crippen LogP contribution >= 0.6 is 0 Å². The number of likely N-dealkylation sites (N-methyl/N-ethyl adjacent to an activating group) is 1. The number of hydrogen-bond acceptors (Lipinski definition) is 3. The maximum Gasteiger partial charge on any atom is 0.238 e. The SMILES string of the molecule is CCC(C)N(C)CCNCC(=O)Nc1cccc(F)c1. The molecule has 1 amide bonds. The third kappa shape index (κ3) is 6.12. The third-order valence-corrected chi connectivity index (χ3v) is 3.38. The van der Waals surface area contributed by atoms with Gasteiger partial charge in [-0.1, -0.05) is 13.0 Å². The van der Waals surface area contributed by atoms with Gasteiger partial charge in [-0.15, -0.1) is 0 Å². The van der Waals surface area contributed by atoms with E-state index in [0.29, 0.717) is 11.7 Å². The first-order valence-electron chi connectivity index (χ1n) is 6.99. The zero-order chi connectivity index (χ0) is 15.0. The van der Waals surface area contributed by atoms with E-state index in [1.807, 2.05) is 0 Å². The van der Waals surface area contributed by atoms with Gasteiger partial charge >= 0.3 is 0 Å². The number of nitrogens with one attached hydrogen (secondary N) is 2. The highest BCUT2D eigenvalue weighted by molar-refractivity contribution is 5.92. The van der Waals surface area contributed by atoms with Crippen molar-refractivity contribution in [2.24, 2.45) is 0 Å². The molecule has 0 aromatic heterocycles. The van der Waals surface area contributed by atoms with Gasteiger partial charge in [-0.25, -0.2) is 4.39 Å². The molecule has 1 aromatic carbocycles. The van der Waals surface area contributed by atoms with Gasteiger partial charge in [0.15, 0.2) is 0 Å². The first-order chi connectivity index (χ1) is 9.52. The normalized spacial score (nSPS) is 12.4. The highest BCUT2D eigenvalue weighted by Crippen LogP contribution is 2.08. The lowest BCUT2D eigenvalue weighted by molar-refractivity contribution is -0.115. The summed E-state index contributed by atoms with van der Waals surface area (Å²) in [6, 6.07) is 6.42. The summed E-state index contributed by atoms with van der Waals surface area (Å²) in [6.45, 7) is 6.20. The maximum absolute atomic E-state index is 12.9. The summed E-state index contributed by atoms with van der Waals surface area (Å²) in [4.78, 5) is 13.9. The first kappa shape index (κ1) is 16.6. The number of hydrogen-bond donors (Lipinski definition) is 2. The van der Waals surface area contributed by atoms with Crippen molar-refractivity contribution >= 4 is 11.6 Å². The predicted octanol–water partition coefficient (Wildman–Crippen LogP) is 2.08. The van der Waals surface area contributed by atoms with E-state index in [0.717, 1.165) is 19.5 Å². The van der Waals surface area contributed by atoms with Crippen LogP contribution in [0.3, 0.4) is 0 Å². The number of benzene rings is 1. The topological polar surface area (TPSA) is 44.4 Å². The van der Waals surface area contributed by atoms with Gasteiger partial charge in [-0.3, -0.25) is 4.79 Å². The quantitative estimate of drug-likeness (QED) is 0.717. The zero-order valence-corrected chi connectivity index (χ0v) is 12.4. The molecule has 0 aliphatic carbocycles. The van der Waals surface area contributed by atoms with Crippen molar-refractivity contribution in [2.45, 2.75) is 26.3 Å². The van der Waals surface area contributed by atoms with Crippen molar-refractivity contribution in [3.8, 4) is 0 Å². The van der Waals surface area contributed by atoms with Crippen molar-refractivity contribution in [2.75, 3.05) is 32.0 Å². The fourth-order valence-corrected chi connectivity index (χ4v) is 1.76. The van der Waals surface area contributed by atoms with Crippen LogP contribution in [0.5, 0.6) is 0 Å². The summed E-state index contributed by atoms with van der Waals surface area (Å²) < 4.78 is 12.9. The Labute approximate surface area is 120 Å². The van der Waals surface area contributed by atoms with Crippen LogP contribution in [0, 0.1) is 5.82 Å². The molecule has 2 N–H and O–H groups in total. The zero-order valence-electron chi connectivity index (χ0n) is 12.4. The molecule has 5 heteroatoms. The number of rotatable bonds is 8. The maximum atomic E-state index is 12.9. The van der Waals surface area contributed by atoms with E-state index in [4.69, 9.17) is 0 Å². The average Bonchev–Trinajstić information content (AvgIpc) is 2.42. The Balaban J connectivity index is 2.21. The Hall–Kier alpha value is -1.46. The van der Waals surface area contributed by atoms with E-state index in [-0.39, 0.29) is 18.3 Å². The minimum Gasteiger partial charge on any atom is -0.325 e. The van der Waals surface area contributed by atoms with E-state index in [1.165, 1.54) is 12.1 Å². The Morgan fingerprint density at radius 1 is 1.45 bits per heavy atom. The Kier molecular flexibility index (Phi) is 7.18. The van der Waals surface area contributed by atoms with Crippen LogP contribution < -0.4 is 10.6 Å². The van der Waals surface area contributed by atoms with Crippen LogP contribution in [-0.4, -0.2) is 43.5 Å². The molecule has 0 aliphatic rings. The number of nitrogens with zero attached hydrogens (tertiary/aromatic N) is 1. The molecular formula is C15H24FN3O. The van der Waals surface area contributed by atoms with Crippen molar-refractivity contribution in [1.82, 2.24) is 10.2 Å². The summed E-state index contributed by atoms with van der Waals surface area (Å²) in [7, 11) is 2.07. The second-order valence-corrected chi connectivity index (χ2v) is 4.97. The molecule has 1 aromatic rings. The van der Waals surface area contributed by atoms with Crippen LogP contribution in [0.1, 0.15) is 20.3 Å². The van der Waals surface area contributed by atoms with Crippen molar-refractivity contribution in [3.63, 3.8) is 0 Å². The van der Waals surface area contributed by atoms with Gasteiger partial charge in [0, 0.05) is 24.8 Å². The van der Waals surface area contributed by atoms with E-state index >= 15 is 0 Å². The van der Waals surface area contributed by atoms with Crippen LogP contribution in [0.15, 0.2) is 24.3 Å². The van der Waals surface area contributed by atoms with E-state index in [1.54, 1.807) is 12.1 Å². The Morgan fingerprint density at radius 2 is 2.20 bits per heavy atom. The lowest BCUT2D eigenvalue weighted by Crippen LogP contribution is -2.37. The number of amides is 1. The van der Waals surface area contributed by atoms with Crippen LogP contribution in [-0.2, 0) is 4.79 Å². The molecule has 0 aliphatic heterocycles. The number of carbonyl (C=O) groups excluding carboxylic acids is 1. The van der Waals surface area contributed by atoms with Gasteiger partial charge in [0.05, 0.1) is 6.54 Å². The highest BCUT2D eigenvalue weighted by Gasteiger charge is 2.06. The lowest BCUT2D eigenvalue weighted by Gasteiger charge is -2.23. The van der Waals surface area contributed by atoms with Crippen molar-refractivity contribution in [3.05, 3.63) is 30.1 Å². The number of halogens is 1. The first-order valence-corrected chi connectivity index (χ1v) is 6.99. The molecule has 0 spiro atoms. The smallest absolute Gasteiger partial charge is 0.238 e. The van der Waals surface area contributed by atoms with Crippen LogP contribution in [0.25, 0.3) is 0 Å². The summed E-state index contributed by atoms with van der Waals surface area (Å²) in [5.41, 5.74) is 0.480. The number of carbonyl (C=O) groups is 1. The summed E-state index contributed by atoms with van der Waals surface area (Å²) in [5.74, 6) is -0.521. The van der Waals surface area contributed by atoms with Gasteiger partial charge in [0.2, 0.25) is 5.91 Å². The molecule has 0 bridgehead atoms. The summed E-state index contributed by atoms with van der Waals surface area (Å²) in [5, 5.41) is 5.73.